The van der Waals surface area contributed by atoms with Crippen LogP contribution in [0.2, 0.25) is 0 Å². The molecule has 39 heavy (non-hydrogen) atoms. The molecule has 0 aliphatic rings. The molecule has 0 bridgehead atoms. The molecule has 200 valence electrons. The second kappa shape index (κ2) is 14.2. The molecule has 0 radical (unpaired) electrons. The third kappa shape index (κ3) is 7.14. The predicted molar refractivity (Wildman–Crippen MR) is 149 cm³/mol. The van der Waals surface area contributed by atoms with Gasteiger partial charge in [0.05, 0.1) is 24.5 Å². The van der Waals surface area contributed by atoms with Crippen molar-refractivity contribution in [2.45, 2.75) is 33.4 Å². The number of aromatic nitrogens is 1. The SMILES string of the molecule is C#CC(=CC=CC)c1cc(C(=O)OCC)n(Cc2ccccc2)c1C(OC(=O)c1ccccc1)C(=O)OCC. The summed E-state index contributed by atoms with van der Waals surface area (Å²) in [4.78, 5) is 39.7. The van der Waals surface area contributed by atoms with Crippen LogP contribution in [0, 0.1) is 12.3 Å². The van der Waals surface area contributed by atoms with Gasteiger partial charge in [-0.3, -0.25) is 0 Å². The highest BCUT2D eigenvalue weighted by Crippen LogP contribution is 2.33. The zero-order valence-corrected chi connectivity index (χ0v) is 22.3. The van der Waals surface area contributed by atoms with E-state index in [1.54, 1.807) is 73.0 Å². The number of terminal acetylenes is 1. The number of allylic oxidation sites excluding steroid dienone is 4. The van der Waals surface area contributed by atoms with E-state index in [0.717, 1.165) is 5.56 Å². The Balaban J connectivity index is 2.33. The van der Waals surface area contributed by atoms with Gasteiger partial charge in [0.25, 0.3) is 0 Å². The second-order valence-corrected chi connectivity index (χ2v) is 8.27. The third-order valence-electron chi connectivity index (χ3n) is 5.69. The minimum absolute atomic E-state index is 0.0497. The molecular formula is C32H31NO6. The molecule has 7 heteroatoms. The van der Waals surface area contributed by atoms with E-state index in [1.165, 1.54) is 0 Å². The van der Waals surface area contributed by atoms with Gasteiger partial charge in [-0.15, -0.1) is 6.42 Å². The van der Waals surface area contributed by atoms with Crippen LogP contribution in [0.25, 0.3) is 5.57 Å². The van der Waals surface area contributed by atoms with E-state index in [1.807, 2.05) is 37.3 Å². The number of carbonyl (C=O) groups excluding carboxylic acids is 3. The maximum absolute atomic E-state index is 13.4. The molecule has 2 aromatic carbocycles. The summed E-state index contributed by atoms with van der Waals surface area (Å²) in [6.45, 7) is 5.55. The Labute approximate surface area is 228 Å². The zero-order valence-electron chi connectivity index (χ0n) is 22.3. The number of rotatable bonds is 11. The van der Waals surface area contributed by atoms with E-state index in [-0.39, 0.29) is 36.7 Å². The van der Waals surface area contributed by atoms with Crippen LogP contribution in [0.15, 0.2) is 85.0 Å². The van der Waals surface area contributed by atoms with Gasteiger partial charge in [0.2, 0.25) is 6.10 Å². The molecule has 0 saturated carbocycles. The van der Waals surface area contributed by atoms with E-state index < -0.39 is 24.0 Å². The smallest absolute Gasteiger partial charge is 0.354 e. The molecule has 0 fully saturated rings. The molecule has 0 spiro atoms. The van der Waals surface area contributed by atoms with Gasteiger partial charge in [0, 0.05) is 17.7 Å². The lowest BCUT2D eigenvalue weighted by Gasteiger charge is -2.22. The van der Waals surface area contributed by atoms with Crippen molar-refractivity contribution in [2.75, 3.05) is 13.2 Å². The number of ether oxygens (including phenoxy) is 3. The summed E-state index contributed by atoms with van der Waals surface area (Å²) in [5, 5.41) is 0. The largest absolute Gasteiger partial charge is 0.463 e. The Morgan fingerprint density at radius 1 is 0.949 bits per heavy atom. The Bertz CT molecular complexity index is 1390. The van der Waals surface area contributed by atoms with Crippen molar-refractivity contribution >= 4 is 23.5 Å². The molecule has 1 unspecified atom stereocenters. The average molecular weight is 526 g/mol. The van der Waals surface area contributed by atoms with Gasteiger partial charge in [-0.1, -0.05) is 66.6 Å². The predicted octanol–water partition coefficient (Wildman–Crippen LogP) is 5.77. The molecule has 0 aliphatic carbocycles. The fourth-order valence-corrected chi connectivity index (χ4v) is 3.96. The first kappa shape index (κ1) is 28.7. The number of esters is 3. The summed E-state index contributed by atoms with van der Waals surface area (Å²) in [7, 11) is 0. The minimum atomic E-state index is -1.53. The molecule has 1 atom stereocenters. The molecule has 1 heterocycles. The molecule has 0 saturated heterocycles. The quantitative estimate of drug-likeness (QED) is 0.137. The summed E-state index contributed by atoms with van der Waals surface area (Å²) in [5.41, 5.74) is 2.19. The van der Waals surface area contributed by atoms with E-state index in [0.29, 0.717) is 11.1 Å². The van der Waals surface area contributed by atoms with Crippen molar-refractivity contribution in [1.29, 1.82) is 0 Å². The van der Waals surface area contributed by atoms with Gasteiger partial charge in [0.1, 0.15) is 5.69 Å². The highest BCUT2D eigenvalue weighted by atomic mass is 16.6. The van der Waals surface area contributed by atoms with Crippen LogP contribution in [-0.2, 0) is 25.5 Å². The summed E-state index contributed by atoms with van der Waals surface area (Å²) in [5.74, 6) is 0.491. The highest BCUT2D eigenvalue weighted by molar-refractivity contribution is 5.95. The lowest BCUT2D eigenvalue weighted by Crippen LogP contribution is -2.27. The maximum Gasteiger partial charge on any atom is 0.354 e. The van der Waals surface area contributed by atoms with Crippen LogP contribution < -0.4 is 0 Å². The number of hydrogen-bond donors (Lipinski definition) is 0. The van der Waals surface area contributed by atoms with Gasteiger partial charge >= 0.3 is 17.9 Å². The van der Waals surface area contributed by atoms with Crippen LogP contribution in [-0.4, -0.2) is 35.7 Å². The summed E-state index contributed by atoms with van der Waals surface area (Å²) in [6, 6.07) is 19.2. The molecular weight excluding hydrogens is 494 g/mol. The maximum atomic E-state index is 13.4. The van der Waals surface area contributed by atoms with Crippen molar-refractivity contribution in [3.63, 3.8) is 0 Å². The summed E-state index contributed by atoms with van der Waals surface area (Å²) < 4.78 is 18.1. The standard InChI is InChI=1S/C32H31NO6/c1-5-9-18-24(6-2)26-21-27(31(35)37-7-3)33(22-23-16-12-10-13-17-23)28(26)29(32(36)38-8-4)39-30(34)25-19-14-11-15-20-25/h2,5,9-21,29H,7-8,22H2,1,3-4H3. The minimum Gasteiger partial charge on any atom is -0.463 e. The fraction of sp³-hybridized carbons (Fsp3) is 0.219. The lowest BCUT2D eigenvalue weighted by atomic mass is 10.0. The van der Waals surface area contributed by atoms with Crippen LogP contribution in [0.1, 0.15) is 64.5 Å². The lowest BCUT2D eigenvalue weighted by molar-refractivity contribution is -0.154. The molecule has 0 amide bonds. The molecule has 1 aromatic heterocycles. The summed E-state index contributed by atoms with van der Waals surface area (Å²) >= 11 is 0. The van der Waals surface area contributed by atoms with E-state index >= 15 is 0 Å². The monoisotopic (exact) mass is 525 g/mol. The van der Waals surface area contributed by atoms with Gasteiger partial charge < -0.3 is 18.8 Å². The normalized spacial score (nSPS) is 12.0. The van der Waals surface area contributed by atoms with Crippen molar-refractivity contribution in [3.05, 3.63) is 113 Å². The van der Waals surface area contributed by atoms with E-state index in [4.69, 9.17) is 20.6 Å². The number of nitrogens with zero attached hydrogens (tertiary/aromatic N) is 1. The number of carbonyl (C=O) groups is 3. The fourth-order valence-electron chi connectivity index (χ4n) is 3.96. The summed E-state index contributed by atoms with van der Waals surface area (Å²) in [6.07, 6.45) is 9.58. The van der Waals surface area contributed by atoms with Gasteiger partial charge in [0.15, 0.2) is 0 Å². The van der Waals surface area contributed by atoms with Gasteiger partial charge in [-0.25, -0.2) is 14.4 Å². The average Bonchev–Trinajstić information content (AvgIpc) is 3.31. The van der Waals surface area contributed by atoms with Crippen LogP contribution in [0.4, 0.5) is 0 Å². The molecule has 7 nitrogen and oxygen atoms in total. The highest BCUT2D eigenvalue weighted by Gasteiger charge is 2.36. The van der Waals surface area contributed by atoms with Crippen molar-refractivity contribution < 1.29 is 28.6 Å². The number of hydrogen-bond acceptors (Lipinski definition) is 6. The molecule has 3 rings (SSSR count). The first-order valence-electron chi connectivity index (χ1n) is 12.6. The Morgan fingerprint density at radius 2 is 1.59 bits per heavy atom. The van der Waals surface area contributed by atoms with Crippen molar-refractivity contribution in [2.24, 2.45) is 0 Å². The molecule has 0 N–H and O–H groups in total. The first-order valence-corrected chi connectivity index (χ1v) is 12.6. The van der Waals surface area contributed by atoms with Crippen LogP contribution >= 0.6 is 0 Å². The third-order valence-corrected chi connectivity index (χ3v) is 5.69. The van der Waals surface area contributed by atoms with Gasteiger partial charge in [-0.05, 0) is 50.6 Å². The molecule has 0 aliphatic heterocycles. The van der Waals surface area contributed by atoms with E-state index in [2.05, 4.69) is 5.92 Å². The number of benzene rings is 2. The Hall–Kier alpha value is -4.83. The Morgan fingerprint density at radius 3 is 2.18 bits per heavy atom. The van der Waals surface area contributed by atoms with Crippen LogP contribution in [0.5, 0.6) is 0 Å². The van der Waals surface area contributed by atoms with Gasteiger partial charge in [-0.2, -0.15) is 0 Å². The molecule has 3 aromatic rings. The first-order chi connectivity index (χ1) is 18.9. The van der Waals surface area contributed by atoms with Crippen molar-refractivity contribution in [1.82, 2.24) is 4.57 Å². The second-order valence-electron chi connectivity index (χ2n) is 8.27. The van der Waals surface area contributed by atoms with E-state index in [9.17, 15) is 14.4 Å². The van der Waals surface area contributed by atoms with Crippen molar-refractivity contribution in [3.8, 4) is 12.3 Å². The van der Waals surface area contributed by atoms with Crippen LogP contribution in [0.3, 0.4) is 0 Å². The Kier molecular flexibility index (Phi) is 10.5. The zero-order chi connectivity index (χ0) is 28.2. The topological polar surface area (TPSA) is 83.8 Å².